The van der Waals surface area contributed by atoms with Gasteiger partial charge in [0.1, 0.15) is 42.0 Å². The second-order valence-electron chi connectivity index (χ2n) is 20.3. The van der Waals surface area contributed by atoms with Crippen molar-refractivity contribution in [3.63, 3.8) is 0 Å². The van der Waals surface area contributed by atoms with Crippen molar-refractivity contribution in [2.45, 2.75) is 198 Å². The number of allylic oxidation sites excluding steroid dienone is 2. The molecule has 4 saturated heterocycles. The lowest BCUT2D eigenvalue weighted by atomic mass is 9.71. The molecular weight excluding hydrogens is 879 g/mol. The maximum absolute atomic E-state index is 14.4. The summed E-state index contributed by atoms with van der Waals surface area (Å²) in [5.74, 6) is -2.73. The number of carbonyl (C=O) groups is 2. The van der Waals surface area contributed by atoms with E-state index in [1.165, 1.54) is 6.92 Å². The molecule has 20 atom stereocenters. The Morgan fingerprint density at radius 2 is 1.62 bits per heavy atom. The summed E-state index contributed by atoms with van der Waals surface area (Å²) in [5.41, 5.74) is 0.112. The molecule has 7 rings (SSSR count). The SMILES string of the molecule is CCC(C)[C@H]1O[C@]2(C=C[C@@H]1C)C[C@@H]1C[C@@H](C/C=C(\C)C(O[C@H]3C[C@H](OC)C(O[C@H]4C[C@H](OC)[C@@H](OCCNC(C)=O)[C@H](C)O4)[C@H](C)O3)[C@@H](C)/C=C/C=C3\CO[C@@H]4[C@H](O)C(C)=CC(C(=O)O1)C34O)O2. The molecule has 5 unspecified atom stereocenters. The minimum atomic E-state index is -1.85. The molecule has 6 heterocycles. The zero-order valence-electron chi connectivity index (χ0n) is 42.0. The number of nitrogens with one attached hydrogen (secondary N) is 1. The van der Waals surface area contributed by atoms with Gasteiger partial charge in [0.05, 0.1) is 55.9 Å². The van der Waals surface area contributed by atoms with Crippen molar-refractivity contribution < 1.29 is 71.9 Å². The van der Waals surface area contributed by atoms with Crippen molar-refractivity contribution in [2.24, 2.45) is 23.7 Å². The normalized spacial score (nSPS) is 45.8. The van der Waals surface area contributed by atoms with Crippen LogP contribution in [0.15, 0.2) is 59.3 Å². The number of carbonyl (C=O) groups excluding carboxylic acids is 2. The molecular formula is C52H79NO15. The highest BCUT2D eigenvalue weighted by Gasteiger charge is 2.60. The number of aliphatic hydroxyl groups excluding tert-OH is 1. The van der Waals surface area contributed by atoms with Gasteiger partial charge < -0.3 is 67.6 Å². The monoisotopic (exact) mass is 958 g/mol. The summed E-state index contributed by atoms with van der Waals surface area (Å²) >= 11 is 0. The molecule has 382 valence electrons. The van der Waals surface area contributed by atoms with Crippen molar-refractivity contribution in [2.75, 3.05) is 34.0 Å². The first-order chi connectivity index (χ1) is 32.4. The van der Waals surface area contributed by atoms with Crippen LogP contribution in [0, 0.1) is 23.7 Å². The molecule has 0 saturated carbocycles. The Balaban J connectivity index is 1.13. The predicted octanol–water partition coefficient (Wildman–Crippen LogP) is 5.54. The van der Waals surface area contributed by atoms with E-state index in [-0.39, 0.29) is 61.1 Å². The fourth-order valence-electron chi connectivity index (χ4n) is 11.2. The van der Waals surface area contributed by atoms with Crippen LogP contribution in [0.4, 0.5) is 0 Å². The lowest BCUT2D eigenvalue weighted by molar-refractivity contribution is -0.320. The number of hydrogen-bond donors (Lipinski definition) is 3. The molecule has 68 heavy (non-hydrogen) atoms. The van der Waals surface area contributed by atoms with Gasteiger partial charge in [-0.05, 0) is 62.8 Å². The molecule has 16 heteroatoms. The van der Waals surface area contributed by atoms with Gasteiger partial charge in [-0.3, -0.25) is 9.59 Å². The molecule has 0 radical (unpaired) electrons. The van der Waals surface area contributed by atoms with Crippen LogP contribution in [-0.2, 0) is 61.7 Å². The molecule has 1 aliphatic carbocycles. The lowest BCUT2D eigenvalue weighted by Crippen LogP contribution is -2.58. The van der Waals surface area contributed by atoms with E-state index < -0.39 is 84.7 Å². The molecule has 6 aliphatic heterocycles. The summed E-state index contributed by atoms with van der Waals surface area (Å²) in [7, 11) is 3.30. The number of amides is 1. The minimum absolute atomic E-state index is 0.0255. The number of fused-ring (bicyclic) bond motifs is 2. The van der Waals surface area contributed by atoms with E-state index in [0.717, 1.165) is 12.0 Å². The van der Waals surface area contributed by atoms with Gasteiger partial charge >= 0.3 is 5.97 Å². The van der Waals surface area contributed by atoms with Gasteiger partial charge in [0, 0.05) is 65.2 Å². The zero-order valence-corrected chi connectivity index (χ0v) is 42.0. The van der Waals surface area contributed by atoms with Gasteiger partial charge in [-0.2, -0.15) is 0 Å². The average molecular weight is 958 g/mol. The summed E-state index contributed by atoms with van der Waals surface area (Å²) in [6.45, 7) is 18.4. The molecule has 2 bridgehead atoms. The number of rotatable bonds is 12. The Kier molecular flexibility index (Phi) is 17.7. The first-order valence-corrected chi connectivity index (χ1v) is 24.9. The van der Waals surface area contributed by atoms with E-state index in [1.54, 1.807) is 33.3 Å². The third-order valence-corrected chi connectivity index (χ3v) is 15.3. The van der Waals surface area contributed by atoms with Gasteiger partial charge in [0.25, 0.3) is 0 Å². The smallest absolute Gasteiger partial charge is 0.316 e. The second-order valence-corrected chi connectivity index (χ2v) is 20.3. The van der Waals surface area contributed by atoms with E-state index in [9.17, 15) is 19.8 Å². The van der Waals surface area contributed by atoms with E-state index in [0.29, 0.717) is 50.0 Å². The van der Waals surface area contributed by atoms with Gasteiger partial charge in [-0.25, -0.2) is 0 Å². The average Bonchev–Trinajstić information content (AvgIpc) is 3.64. The molecule has 3 N–H and O–H groups in total. The van der Waals surface area contributed by atoms with Crippen LogP contribution in [0.2, 0.25) is 0 Å². The molecule has 4 fully saturated rings. The fourth-order valence-corrected chi connectivity index (χ4v) is 11.2. The number of methoxy groups -OCH3 is 2. The maximum Gasteiger partial charge on any atom is 0.316 e. The summed E-state index contributed by atoms with van der Waals surface area (Å²) in [6.07, 6.45) is 9.14. The number of aliphatic hydroxyl groups is 2. The van der Waals surface area contributed by atoms with E-state index >= 15 is 0 Å². The van der Waals surface area contributed by atoms with Gasteiger partial charge in [-0.1, -0.05) is 70.6 Å². The first-order valence-electron chi connectivity index (χ1n) is 24.9. The number of hydrogen-bond acceptors (Lipinski definition) is 15. The van der Waals surface area contributed by atoms with Crippen molar-refractivity contribution in [1.29, 1.82) is 0 Å². The Morgan fingerprint density at radius 1 is 0.926 bits per heavy atom. The highest BCUT2D eigenvalue weighted by Crippen LogP contribution is 2.47. The largest absolute Gasteiger partial charge is 0.462 e. The van der Waals surface area contributed by atoms with Crippen LogP contribution in [0.5, 0.6) is 0 Å². The number of esters is 1. The van der Waals surface area contributed by atoms with E-state index in [2.05, 4.69) is 45.2 Å². The van der Waals surface area contributed by atoms with Gasteiger partial charge in [0.2, 0.25) is 5.91 Å². The summed E-state index contributed by atoms with van der Waals surface area (Å²) < 4.78 is 70.8. The highest BCUT2D eigenvalue weighted by atomic mass is 16.7. The molecule has 0 aromatic heterocycles. The summed E-state index contributed by atoms with van der Waals surface area (Å²) in [5, 5.41) is 26.6. The van der Waals surface area contributed by atoms with E-state index in [4.69, 9.17) is 52.1 Å². The Bertz CT molecular complexity index is 1900. The highest BCUT2D eigenvalue weighted by molar-refractivity contribution is 5.78. The first kappa shape index (κ1) is 53.0. The standard InChI is InChI=1S/C52H79NO15/c1-12-28(2)46-31(5)18-19-51(68-46)26-38-23-37(67-51)17-16-30(4)45(29(3)14-13-15-36-27-61-49-44(55)32(6)22-39(50(56)64-38)52(36,49)57)65-42-25-41(59-11)48(34(8)63-42)66-43-24-40(58-10)47(33(7)62-43)60-21-20-53-35(9)54/h13-16,18-19,22,28-29,31,33-34,37-49,55,57H,12,17,20-21,23-27H2,1-11H3,(H,53,54)/b14-13+,30-16+,36-15+/t28?,29-,31-,33-,34-,37+,38-,39?,40-,41-,42-,43-,44+,45?,46+,47-,48?,49+,51+,52?/m0/s1. The van der Waals surface area contributed by atoms with Crippen LogP contribution in [0.1, 0.15) is 101 Å². The summed E-state index contributed by atoms with van der Waals surface area (Å²) in [4.78, 5) is 25.7. The molecule has 0 aromatic rings. The maximum atomic E-state index is 14.4. The third kappa shape index (κ3) is 11.6. The van der Waals surface area contributed by atoms with Crippen molar-refractivity contribution in [1.82, 2.24) is 5.32 Å². The Morgan fingerprint density at radius 3 is 2.31 bits per heavy atom. The molecule has 1 amide bonds. The van der Waals surface area contributed by atoms with Crippen LogP contribution in [0.25, 0.3) is 0 Å². The van der Waals surface area contributed by atoms with Crippen molar-refractivity contribution >= 4 is 11.9 Å². The zero-order chi connectivity index (χ0) is 49.1. The Labute approximate surface area is 403 Å². The summed E-state index contributed by atoms with van der Waals surface area (Å²) in [6, 6.07) is 0. The van der Waals surface area contributed by atoms with Crippen LogP contribution >= 0.6 is 0 Å². The predicted molar refractivity (Wildman–Crippen MR) is 250 cm³/mol. The van der Waals surface area contributed by atoms with Gasteiger partial charge in [0.15, 0.2) is 18.4 Å². The second kappa shape index (κ2) is 22.7. The topological polar surface area (TPSA) is 188 Å². The lowest BCUT2D eigenvalue weighted by Gasteiger charge is -2.48. The Hall–Kier alpha value is -2.84. The molecule has 16 nitrogen and oxygen atoms in total. The van der Waals surface area contributed by atoms with Crippen molar-refractivity contribution in [3.05, 3.63) is 59.3 Å². The van der Waals surface area contributed by atoms with Crippen LogP contribution in [0.3, 0.4) is 0 Å². The van der Waals surface area contributed by atoms with E-state index in [1.807, 2.05) is 39.0 Å². The molecule has 1 spiro atoms. The van der Waals surface area contributed by atoms with Crippen LogP contribution in [-0.4, -0.2) is 153 Å². The molecule has 0 aromatic carbocycles. The van der Waals surface area contributed by atoms with Crippen LogP contribution < -0.4 is 5.32 Å². The molecule has 7 aliphatic rings. The quantitative estimate of drug-likeness (QED) is 0.126. The van der Waals surface area contributed by atoms with Gasteiger partial charge in [-0.15, -0.1) is 0 Å². The fraction of sp³-hybridized carbons (Fsp3) is 0.769. The third-order valence-electron chi connectivity index (χ3n) is 15.3. The number of ether oxygens (including phenoxy) is 11. The van der Waals surface area contributed by atoms with Crippen molar-refractivity contribution in [3.8, 4) is 0 Å². The minimum Gasteiger partial charge on any atom is -0.462 e.